The Morgan fingerprint density at radius 2 is 2.00 bits per heavy atom. The van der Waals surface area contributed by atoms with E-state index < -0.39 is 12.6 Å². The number of unbranched alkanes of at least 4 members (excludes halogenated alkanes) is 3. The first-order valence-corrected chi connectivity index (χ1v) is 4.14. The van der Waals surface area contributed by atoms with E-state index in [1.54, 1.807) is 0 Å². The summed E-state index contributed by atoms with van der Waals surface area (Å²) in [6.07, 6.45) is 3.73. The van der Waals surface area contributed by atoms with Crippen LogP contribution in [0.1, 0.15) is 39.0 Å². The van der Waals surface area contributed by atoms with Crippen LogP contribution in [0.15, 0.2) is 0 Å². The van der Waals surface area contributed by atoms with Crippen molar-refractivity contribution in [3.63, 3.8) is 0 Å². The van der Waals surface area contributed by atoms with Gasteiger partial charge in [-0.25, -0.2) is 0 Å². The highest BCUT2D eigenvalue weighted by Crippen LogP contribution is 2.05. The summed E-state index contributed by atoms with van der Waals surface area (Å²) in [5.74, 6) is -0.805. The molecule has 0 bridgehead atoms. The minimum Gasteiger partial charge on any atom is -0.403 e. The van der Waals surface area contributed by atoms with Gasteiger partial charge in [-0.3, -0.25) is 4.79 Å². The number of hydrogen-bond acceptors (Lipinski definition) is 2. The lowest BCUT2D eigenvalue weighted by atomic mass is 10.2. The number of hydrogen-bond donors (Lipinski definition) is 0. The van der Waals surface area contributed by atoms with Gasteiger partial charge < -0.3 is 4.74 Å². The molecule has 0 atom stereocenters. The van der Waals surface area contributed by atoms with Crippen molar-refractivity contribution in [1.82, 2.24) is 0 Å². The van der Waals surface area contributed by atoms with Gasteiger partial charge in [0.25, 0.3) is 0 Å². The third-order valence-electron chi connectivity index (χ3n) is 1.45. The van der Waals surface area contributed by atoms with Gasteiger partial charge in [-0.2, -0.15) is 8.78 Å². The van der Waals surface area contributed by atoms with Crippen LogP contribution in [0, 0.1) is 0 Å². The maximum absolute atomic E-state index is 11.4. The average Bonchev–Trinajstić information content (AvgIpc) is 1.97. The zero-order valence-corrected chi connectivity index (χ0v) is 7.19. The summed E-state index contributed by atoms with van der Waals surface area (Å²) in [6.45, 7) is -0.930. The SMILES string of the molecule is CCCCCCC(=O)OC(F)F. The van der Waals surface area contributed by atoms with Crippen LogP contribution < -0.4 is 0 Å². The summed E-state index contributed by atoms with van der Waals surface area (Å²) < 4.78 is 26.5. The molecule has 72 valence electrons. The largest absolute Gasteiger partial charge is 0.403 e. The molecule has 0 fully saturated rings. The molecule has 0 aliphatic carbocycles. The molecule has 2 nitrogen and oxygen atoms in total. The lowest BCUT2D eigenvalue weighted by Gasteiger charge is -2.01. The van der Waals surface area contributed by atoms with E-state index in [0.29, 0.717) is 6.42 Å². The lowest BCUT2D eigenvalue weighted by molar-refractivity contribution is -0.176. The maximum Gasteiger partial charge on any atom is 0.389 e. The number of ether oxygens (including phenoxy) is 1. The van der Waals surface area contributed by atoms with Crippen molar-refractivity contribution in [2.24, 2.45) is 0 Å². The van der Waals surface area contributed by atoms with Crippen LogP contribution in [-0.4, -0.2) is 12.6 Å². The van der Waals surface area contributed by atoms with Crippen LogP contribution in [0.4, 0.5) is 8.78 Å². The minimum atomic E-state index is -2.97. The van der Waals surface area contributed by atoms with Crippen molar-refractivity contribution in [2.45, 2.75) is 45.6 Å². The van der Waals surface area contributed by atoms with Gasteiger partial charge in [0.1, 0.15) is 0 Å². The Morgan fingerprint density at radius 3 is 2.50 bits per heavy atom. The summed E-state index contributed by atoms with van der Waals surface area (Å²) in [4.78, 5) is 10.5. The molecule has 0 amide bonds. The Bertz CT molecular complexity index is 126. The predicted molar refractivity (Wildman–Crippen MR) is 40.9 cm³/mol. The van der Waals surface area contributed by atoms with E-state index in [-0.39, 0.29) is 6.42 Å². The van der Waals surface area contributed by atoms with Crippen LogP contribution in [0.5, 0.6) is 0 Å². The number of carbonyl (C=O) groups excluding carboxylic acids is 1. The van der Waals surface area contributed by atoms with Crippen LogP contribution in [0.3, 0.4) is 0 Å². The summed E-state index contributed by atoms with van der Waals surface area (Å²) in [5, 5.41) is 0. The molecular formula is C8H14F2O2. The van der Waals surface area contributed by atoms with Gasteiger partial charge in [0.15, 0.2) is 0 Å². The Hall–Kier alpha value is -0.670. The molecule has 0 N–H and O–H groups in total. The van der Waals surface area contributed by atoms with Gasteiger partial charge in [0.05, 0.1) is 0 Å². The third kappa shape index (κ3) is 7.44. The monoisotopic (exact) mass is 180 g/mol. The fraction of sp³-hybridized carbons (Fsp3) is 0.875. The van der Waals surface area contributed by atoms with Crippen LogP contribution in [-0.2, 0) is 9.53 Å². The Labute approximate surface area is 70.9 Å². The first-order chi connectivity index (χ1) is 5.66. The molecule has 0 rings (SSSR count). The van der Waals surface area contributed by atoms with Crippen LogP contribution in [0.2, 0.25) is 0 Å². The van der Waals surface area contributed by atoms with Crippen molar-refractivity contribution < 1.29 is 18.3 Å². The molecule has 0 saturated carbocycles. The number of esters is 1. The summed E-state index contributed by atoms with van der Waals surface area (Å²) in [5.41, 5.74) is 0. The van der Waals surface area contributed by atoms with Crippen molar-refractivity contribution in [3.05, 3.63) is 0 Å². The fourth-order valence-corrected chi connectivity index (χ4v) is 0.854. The standard InChI is InChI=1S/C8H14F2O2/c1-2-3-4-5-6-7(11)12-8(9)10/h8H,2-6H2,1H3. The first kappa shape index (κ1) is 11.3. The highest BCUT2D eigenvalue weighted by Gasteiger charge is 2.09. The normalized spacial score (nSPS) is 10.3. The molecule has 4 heteroatoms. The van der Waals surface area contributed by atoms with Gasteiger partial charge in [-0.1, -0.05) is 26.2 Å². The van der Waals surface area contributed by atoms with Gasteiger partial charge >= 0.3 is 12.6 Å². The Kier molecular flexibility index (Phi) is 6.61. The van der Waals surface area contributed by atoms with E-state index in [2.05, 4.69) is 4.74 Å². The Balaban J connectivity index is 3.20. The van der Waals surface area contributed by atoms with Crippen molar-refractivity contribution >= 4 is 5.97 Å². The minimum absolute atomic E-state index is 0.102. The van der Waals surface area contributed by atoms with Crippen LogP contribution in [0.25, 0.3) is 0 Å². The number of rotatable bonds is 6. The second-order valence-electron chi connectivity index (χ2n) is 2.56. The molecule has 0 aliphatic heterocycles. The highest BCUT2D eigenvalue weighted by molar-refractivity contribution is 5.69. The molecule has 0 aromatic carbocycles. The van der Waals surface area contributed by atoms with Gasteiger partial charge in [0.2, 0.25) is 0 Å². The maximum atomic E-state index is 11.4. The number of carbonyl (C=O) groups is 1. The molecule has 0 aromatic heterocycles. The predicted octanol–water partition coefficient (Wildman–Crippen LogP) is 2.72. The highest BCUT2D eigenvalue weighted by atomic mass is 19.3. The molecule has 0 heterocycles. The average molecular weight is 180 g/mol. The van der Waals surface area contributed by atoms with Crippen LogP contribution >= 0.6 is 0 Å². The Morgan fingerprint density at radius 1 is 1.33 bits per heavy atom. The molecule has 0 aliphatic rings. The van der Waals surface area contributed by atoms with E-state index in [0.717, 1.165) is 19.3 Å². The van der Waals surface area contributed by atoms with Crippen molar-refractivity contribution in [3.8, 4) is 0 Å². The molecule has 0 spiro atoms. The van der Waals surface area contributed by atoms with Gasteiger partial charge in [-0.15, -0.1) is 0 Å². The number of halogens is 2. The second kappa shape index (κ2) is 7.00. The van der Waals surface area contributed by atoms with E-state index in [1.165, 1.54) is 0 Å². The molecule has 0 aromatic rings. The molecule has 12 heavy (non-hydrogen) atoms. The van der Waals surface area contributed by atoms with Crippen molar-refractivity contribution in [2.75, 3.05) is 0 Å². The van der Waals surface area contributed by atoms with E-state index in [9.17, 15) is 13.6 Å². The zero-order chi connectivity index (χ0) is 9.40. The second-order valence-corrected chi connectivity index (χ2v) is 2.56. The third-order valence-corrected chi connectivity index (χ3v) is 1.45. The van der Waals surface area contributed by atoms with E-state index >= 15 is 0 Å². The van der Waals surface area contributed by atoms with E-state index in [1.807, 2.05) is 6.92 Å². The lowest BCUT2D eigenvalue weighted by Crippen LogP contribution is -2.08. The molecule has 0 unspecified atom stereocenters. The zero-order valence-electron chi connectivity index (χ0n) is 7.19. The molecular weight excluding hydrogens is 166 g/mol. The molecule has 0 saturated heterocycles. The first-order valence-electron chi connectivity index (χ1n) is 4.14. The summed E-state index contributed by atoms with van der Waals surface area (Å²) >= 11 is 0. The number of alkyl halides is 2. The van der Waals surface area contributed by atoms with E-state index in [4.69, 9.17) is 0 Å². The quantitative estimate of drug-likeness (QED) is 0.464. The van der Waals surface area contributed by atoms with Crippen molar-refractivity contribution in [1.29, 1.82) is 0 Å². The smallest absolute Gasteiger partial charge is 0.389 e. The summed E-state index contributed by atoms with van der Waals surface area (Å²) in [7, 11) is 0. The fourth-order valence-electron chi connectivity index (χ4n) is 0.854. The van der Waals surface area contributed by atoms with Gasteiger partial charge in [-0.05, 0) is 6.42 Å². The topological polar surface area (TPSA) is 26.3 Å². The summed E-state index contributed by atoms with van der Waals surface area (Å²) in [6, 6.07) is 0. The van der Waals surface area contributed by atoms with Gasteiger partial charge in [0, 0.05) is 6.42 Å². The molecule has 0 radical (unpaired) electrons.